The normalized spacial score (nSPS) is 11.9. The molecule has 176 valence electrons. The third-order valence-corrected chi connectivity index (χ3v) is 5.88. The van der Waals surface area contributed by atoms with E-state index in [0.29, 0.717) is 5.57 Å². The average molecular weight is 433 g/mol. The molecule has 0 radical (unpaired) electrons. The lowest BCUT2D eigenvalue weighted by Gasteiger charge is -2.35. The summed E-state index contributed by atoms with van der Waals surface area (Å²) < 4.78 is 0. The Balaban J connectivity index is -0.00000338. The van der Waals surface area contributed by atoms with Gasteiger partial charge in [-0.1, -0.05) is 118 Å². The van der Waals surface area contributed by atoms with Crippen LogP contribution < -0.4 is 11.5 Å². The van der Waals surface area contributed by atoms with Crippen LogP contribution in [0.4, 0.5) is 0 Å². The van der Waals surface area contributed by atoms with Crippen molar-refractivity contribution in [1.29, 1.82) is 0 Å². The predicted molar refractivity (Wildman–Crippen MR) is 133 cm³/mol. The number of hydrogen-bond donors (Lipinski definition) is 2. The summed E-state index contributed by atoms with van der Waals surface area (Å²) in [5.41, 5.74) is 0.763. The van der Waals surface area contributed by atoms with Crippen molar-refractivity contribution in [3.8, 4) is 0 Å². The minimum absolute atomic E-state index is 0. The van der Waals surface area contributed by atoms with E-state index >= 15 is 0 Å². The van der Waals surface area contributed by atoms with Gasteiger partial charge >= 0.3 is 0 Å². The summed E-state index contributed by atoms with van der Waals surface area (Å²) in [4.78, 5) is 12.1. The van der Waals surface area contributed by atoms with Gasteiger partial charge in [-0.05, 0) is 25.2 Å². The summed E-state index contributed by atoms with van der Waals surface area (Å²) in [5.74, 6) is 0.0168. The van der Waals surface area contributed by atoms with E-state index in [-0.39, 0.29) is 35.9 Å². The van der Waals surface area contributed by atoms with Crippen LogP contribution in [-0.4, -0.2) is 11.9 Å². The molecule has 0 saturated heterocycles. The fourth-order valence-corrected chi connectivity index (χ4v) is 3.95. The highest BCUT2D eigenvalue weighted by atomic mass is 35.5. The Labute approximate surface area is 189 Å². The van der Waals surface area contributed by atoms with Gasteiger partial charge in [-0.2, -0.15) is 0 Å². The van der Waals surface area contributed by atoms with Crippen LogP contribution in [0.1, 0.15) is 131 Å². The highest BCUT2D eigenvalue weighted by Crippen LogP contribution is 2.30. The van der Waals surface area contributed by atoms with Crippen molar-refractivity contribution in [2.24, 2.45) is 5.41 Å². The summed E-state index contributed by atoms with van der Waals surface area (Å²) in [6.07, 6.45) is 19.9. The lowest BCUT2D eigenvalue weighted by molar-refractivity contribution is -0.119. The minimum Gasteiger partial charge on any atom is -0.349 e. The Morgan fingerprint density at radius 2 is 1.24 bits per heavy atom. The molecule has 0 aromatic carbocycles. The van der Waals surface area contributed by atoms with Gasteiger partial charge in [-0.25, -0.2) is 0 Å². The maximum absolute atomic E-state index is 12.1. The van der Waals surface area contributed by atoms with Gasteiger partial charge in [0.25, 0.3) is 0 Å². The van der Waals surface area contributed by atoms with Crippen LogP contribution in [0, 0.1) is 5.41 Å². The number of rotatable bonds is 18. The maximum atomic E-state index is 12.1. The van der Waals surface area contributed by atoms with Crippen molar-refractivity contribution in [1.82, 2.24) is 11.5 Å². The fourth-order valence-electron chi connectivity index (χ4n) is 3.95. The number of halogens is 1. The zero-order valence-corrected chi connectivity index (χ0v) is 21.2. The van der Waals surface area contributed by atoms with E-state index in [4.69, 9.17) is 0 Å². The van der Waals surface area contributed by atoms with Gasteiger partial charge < -0.3 is 11.5 Å². The van der Waals surface area contributed by atoms with Crippen LogP contribution in [0.25, 0.3) is 0 Å². The standard InChI is InChI=1S/C25H49NO.ClH.H3N/c1-7-9-10-11-12-13-14-15-16-17-18-19-20-23(25(5,6)21-8-2)26-24(27)22(3)4;;/h23H,3,7-21H2,1-2,4-6H3,(H,26,27);1H;1H3. The highest BCUT2D eigenvalue weighted by Gasteiger charge is 2.29. The average Bonchev–Trinajstić information content (AvgIpc) is 2.61. The van der Waals surface area contributed by atoms with Crippen molar-refractivity contribution in [3.05, 3.63) is 12.2 Å². The van der Waals surface area contributed by atoms with Gasteiger partial charge in [0.2, 0.25) is 5.91 Å². The van der Waals surface area contributed by atoms with E-state index in [9.17, 15) is 4.79 Å². The molecule has 29 heavy (non-hydrogen) atoms. The molecule has 1 atom stereocenters. The van der Waals surface area contributed by atoms with Crippen molar-refractivity contribution in [3.63, 3.8) is 0 Å². The van der Waals surface area contributed by atoms with Crippen molar-refractivity contribution < 1.29 is 4.79 Å². The number of unbranched alkanes of at least 4 members (excludes halogenated alkanes) is 11. The van der Waals surface area contributed by atoms with Gasteiger partial charge in [-0.3, -0.25) is 4.79 Å². The van der Waals surface area contributed by atoms with E-state index in [1.54, 1.807) is 6.92 Å². The Morgan fingerprint density at radius 1 is 0.828 bits per heavy atom. The summed E-state index contributed by atoms with van der Waals surface area (Å²) in [7, 11) is 0. The lowest BCUT2D eigenvalue weighted by Crippen LogP contribution is -2.45. The largest absolute Gasteiger partial charge is 0.349 e. The molecule has 0 aliphatic carbocycles. The number of nitrogens with one attached hydrogen (secondary N) is 1. The summed E-state index contributed by atoms with van der Waals surface area (Å²) in [6.45, 7) is 14.7. The minimum atomic E-state index is 0. The van der Waals surface area contributed by atoms with Crippen LogP contribution in [0.3, 0.4) is 0 Å². The molecule has 0 aromatic heterocycles. The molecule has 0 aliphatic heterocycles. The first-order valence-electron chi connectivity index (χ1n) is 11.8. The zero-order chi connectivity index (χ0) is 20.5. The van der Waals surface area contributed by atoms with E-state index in [1.807, 2.05) is 0 Å². The molecule has 0 fully saturated rings. The molecular weight excluding hydrogens is 380 g/mol. The SMILES string of the molecule is C=C(C)C(=O)NC(CCCCCCCCCCCCCC)C(C)(C)CCC.Cl.N. The van der Waals surface area contributed by atoms with Crippen LogP contribution >= 0.6 is 12.4 Å². The maximum Gasteiger partial charge on any atom is 0.246 e. The van der Waals surface area contributed by atoms with Crippen molar-refractivity contribution in [2.75, 3.05) is 0 Å². The Hall–Kier alpha value is -0.540. The molecule has 1 amide bonds. The first-order chi connectivity index (χ1) is 12.8. The quantitative estimate of drug-likeness (QED) is 0.168. The molecule has 0 aromatic rings. The number of carbonyl (C=O) groups is 1. The molecule has 0 saturated carbocycles. The molecule has 0 bridgehead atoms. The Morgan fingerprint density at radius 3 is 1.62 bits per heavy atom. The highest BCUT2D eigenvalue weighted by molar-refractivity contribution is 5.92. The topological polar surface area (TPSA) is 64.1 Å². The molecule has 0 aliphatic rings. The molecule has 0 heterocycles. The second-order valence-electron chi connectivity index (χ2n) is 9.22. The van der Waals surface area contributed by atoms with Crippen LogP contribution in [0.5, 0.6) is 0 Å². The van der Waals surface area contributed by atoms with E-state index < -0.39 is 0 Å². The first kappa shape index (κ1) is 33.1. The van der Waals surface area contributed by atoms with Gasteiger partial charge in [0.1, 0.15) is 0 Å². The summed E-state index contributed by atoms with van der Waals surface area (Å²) in [6, 6.07) is 0.254. The third-order valence-electron chi connectivity index (χ3n) is 5.88. The molecule has 0 spiro atoms. The zero-order valence-electron chi connectivity index (χ0n) is 20.4. The van der Waals surface area contributed by atoms with Crippen LogP contribution in [-0.2, 0) is 4.79 Å². The van der Waals surface area contributed by atoms with Crippen molar-refractivity contribution >= 4 is 18.3 Å². The predicted octanol–water partition coefficient (Wildman–Crippen LogP) is 8.55. The van der Waals surface area contributed by atoms with Gasteiger partial charge in [0, 0.05) is 11.6 Å². The second-order valence-corrected chi connectivity index (χ2v) is 9.22. The van der Waals surface area contributed by atoms with E-state index in [1.165, 1.54) is 77.0 Å². The number of hydrogen-bond acceptors (Lipinski definition) is 2. The molecule has 3 nitrogen and oxygen atoms in total. The van der Waals surface area contributed by atoms with Crippen molar-refractivity contribution in [2.45, 2.75) is 137 Å². The van der Waals surface area contributed by atoms with Gasteiger partial charge in [0.15, 0.2) is 0 Å². The van der Waals surface area contributed by atoms with Crippen LogP contribution in [0.15, 0.2) is 12.2 Å². The van der Waals surface area contributed by atoms with Gasteiger partial charge in [0.05, 0.1) is 0 Å². The van der Waals surface area contributed by atoms with E-state index in [0.717, 1.165) is 19.3 Å². The van der Waals surface area contributed by atoms with E-state index in [2.05, 4.69) is 39.6 Å². The molecule has 4 N–H and O–H groups in total. The third kappa shape index (κ3) is 18.0. The first-order valence-corrected chi connectivity index (χ1v) is 11.8. The molecule has 0 rings (SSSR count). The fraction of sp³-hybridized carbons (Fsp3) is 0.880. The summed E-state index contributed by atoms with van der Waals surface area (Å²) in [5, 5.41) is 3.24. The smallest absolute Gasteiger partial charge is 0.246 e. The molecular formula is C25H53ClN2O. The lowest BCUT2D eigenvalue weighted by atomic mass is 9.78. The Bertz CT molecular complexity index is 396. The molecule has 1 unspecified atom stereocenters. The second kappa shape index (κ2) is 20.7. The Kier molecular flexibility index (Phi) is 23.7. The summed E-state index contributed by atoms with van der Waals surface area (Å²) >= 11 is 0. The number of amides is 1. The van der Waals surface area contributed by atoms with Crippen LogP contribution in [0.2, 0.25) is 0 Å². The number of carbonyl (C=O) groups excluding carboxylic acids is 1. The molecule has 4 heteroatoms. The monoisotopic (exact) mass is 432 g/mol. The van der Waals surface area contributed by atoms with Gasteiger partial charge in [-0.15, -0.1) is 12.4 Å².